The Morgan fingerprint density at radius 2 is 1.60 bits per heavy atom. The summed E-state index contributed by atoms with van der Waals surface area (Å²) in [6.07, 6.45) is 18.0. The number of Topliss-reactive ketones (excluding diaryl/α,β-unsaturated/α-hetero) is 3. The third kappa shape index (κ3) is 14.1. The lowest BCUT2D eigenvalue weighted by Gasteiger charge is -2.45. The molecule has 4 rings (SSSR count). The summed E-state index contributed by atoms with van der Waals surface area (Å²) in [7, 11) is 3.26. The number of hydrogen-bond acceptors (Lipinski definition) is 11. The number of aliphatic hydroxyl groups is 2. The van der Waals surface area contributed by atoms with E-state index in [4.69, 9.17) is 18.9 Å². The van der Waals surface area contributed by atoms with Crippen molar-refractivity contribution in [3.8, 4) is 0 Å². The topological polar surface area (TPSA) is 166 Å². The van der Waals surface area contributed by atoms with Gasteiger partial charge in [-0.05, 0) is 89.4 Å². The lowest BCUT2D eigenvalue weighted by atomic mass is 9.79. The summed E-state index contributed by atoms with van der Waals surface area (Å²) in [5, 5.41) is 23.4. The Bertz CT molecular complexity index is 1680. The van der Waals surface area contributed by atoms with Gasteiger partial charge >= 0.3 is 5.97 Å². The SMILES string of the molecule is CO[C@H]1CCCC(C[C@@H](C)[C@@H]2CC(=O)[C@H](C)/C=C(\C)C[C@@H](OC)C(=O)[C@H](C)C[C@H](C)/C=C/C=C/C=C(\C)CC[C@]3(O)CC[C@@H](C)[C@@](O)(O3)C(=O)C(=O)N3CCCCC3C(=O)O2)C1. The summed E-state index contributed by atoms with van der Waals surface area (Å²) in [6, 6.07) is -1.11. The fourth-order valence-corrected chi connectivity index (χ4v) is 9.81. The molecule has 2 unspecified atom stereocenters. The lowest BCUT2D eigenvalue weighted by Crippen LogP contribution is -2.63. The van der Waals surface area contributed by atoms with Crippen LogP contribution in [0.4, 0.5) is 0 Å². The first-order valence-corrected chi connectivity index (χ1v) is 23.3. The van der Waals surface area contributed by atoms with Crippen LogP contribution in [0.2, 0.25) is 0 Å². The zero-order valence-corrected chi connectivity index (χ0v) is 39.1. The number of cyclic esters (lactones) is 1. The average Bonchev–Trinajstić information content (AvgIpc) is 3.24. The number of carbonyl (C=O) groups is 5. The van der Waals surface area contributed by atoms with Crippen LogP contribution < -0.4 is 0 Å². The number of piperidine rings is 1. The van der Waals surface area contributed by atoms with Crippen LogP contribution in [0.15, 0.2) is 47.6 Å². The number of amides is 1. The highest BCUT2D eigenvalue weighted by atomic mass is 16.7. The van der Waals surface area contributed by atoms with Crippen molar-refractivity contribution in [3.63, 3.8) is 0 Å². The Kier molecular flexibility index (Phi) is 19.5. The number of hydrogen-bond donors (Lipinski definition) is 2. The molecule has 12 heteroatoms. The summed E-state index contributed by atoms with van der Waals surface area (Å²) in [5.41, 5.74) is 1.77. The molecule has 0 aromatic carbocycles. The fourth-order valence-electron chi connectivity index (χ4n) is 9.81. The number of carbonyl (C=O) groups excluding carboxylic acids is 5. The molecule has 4 aliphatic rings. The van der Waals surface area contributed by atoms with Crippen LogP contribution in [-0.2, 0) is 42.9 Å². The van der Waals surface area contributed by atoms with Gasteiger partial charge < -0.3 is 34.1 Å². The lowest BCUT2D eigenvalue weighted by molar-refractivity contribution is -0.356. The summed E-state index contributed by atoms with van der Waals surface area (Å²) in [5.74, 6) is -8.97. The second-order valence-corrected chi connectivity index (χ2v) is 19.3. The van der Waals surface area contributed by atoms with E-state index in [-0.39, 0.29) is 74.1 Å². The Morgan fingerprint density at radius 3 is 2.31 bits per heavy atom. The van der Waals surface area contributed by atoms with Crippen molar-refractivity contribution >= 4 is 29.2 Å². The largest absolute Gasteiger partial charge is 0.460 e. The molecule has 0 radical (unpaired) electrons. The molecular formula is C50H77NO11. The van der Waals surface area contributed by atoms with Gasteiger partial charge in [0.15, 0.2) is 11.6 Å². The molecule has 1 aliphatic carbocycles. The summed E-state index contributed by atoms with van der Waals surface area (Å²) in [6.45, 7) is 13.3. The highest BCUT2D eigenvalue weighted by Gasteiger charge is 2.56. The molecule has 3 fully saturated rings. The van der Waals surface area contributed by atoms with Gasteiger partial charge in [-0.1, -0.05) is 95.1 Å². The average molecular weight is 868 g/mol. The van der Waals surface area contributed by atoms with Gasteiger partial charge in [0, 0.05) is 64.2 Å². The number of nitrogens with zero attached hydrogens (tertiary/aromatic N) is 1. The number of ether oxygens (including phenoxy) is 4. The fraction of sp³-hybridized carbons (Fsp3) is 0.740. The minimum absolute atomic E-state index is 0.00481. The first-order chi connectivity index (χ1) is 29.3. The molecule has 2 N–H and O–H groups in total. The smallest absolute Gasteiger partial charge is 0.329 e. The number of fused-ring (bicyclic) bond motifs is 3. The molecule has 1 amide bonds. The minimum atomic E-state index is -2.60. The Morgan fingerprint density at radius 1 is 0.855 bits per heavy atom. The van der Waals surface area contributed by atoms with Gasteiger partial charge in [-0.3, -0.25) is 19.2 Å². The third-order valence-electron chi connectivity index (χ3n) is 13.9. The minimum Gasteiger partial charge on any atom is -0.460 e. The van der Waals surface area contributed by atoms with Crippen LogP contribution in [-0.4, -0.2) is 101 Å². The zero-order valence-electron chi connectivity index (χ0n) is 39.1. The zero-order chi connectivity index (χ0) is 45.8. The summed E-state index contributed by atoms with van der Waals surface area (Å²) >= 11 is 0. The van der Waals surface area contributed by atoms with E-state index < -0.39 is 59.3 Å². The molecule has 3 heterocycles. The van der Waals surface area contributed by atoms with Gasteiger partial charge in [0.2, 0.25) is 5.79 Å². The van der Waals surface area contributed by atoms with E-state index >= 15 is 0 Å². The molecule has 2 saturated heterocycles. The first kappa shape index (κ1) is 51.3. The number of methoxy groups -OCH3 is 2. The van der Waals surface area contributed by atoms with Crippen LogP contribution in [0, 0.1) is 35.5 Å². The predicted molar refractivity (Wildman–Crippen MR) is 237 cm³/mol. The van der Waals surface area contributed by atoms with Crippen molar-refractivity contribution in [1.29, 1.82) is 0 Å². The molecule has 12 atom stereocenters. The third-order valence-corrected chi connectivity index (χ3v) is 13.9. The van der Waals surface area contributed by atoms with Crippen LogP contribution in [0.25, 0.3) is 0 Å². The number of esters is 1. The van der Waals surface area contributed by atoms with Crippen LogP contribution >= 0.6 is 0 Å². The van der Waals surface area contributed by atoms with Gasteiger partial charge in [0.1, 0.15) is 24.0 Å². The molecule has 0 aromatic rings. The number of allylic oxidation sites excluding steroid dienone is 7. The van der Waals surface area contributed by atoms with E-state index in [0.717, 1.165) is 36.8 Å². The van der Waals surface area contributed by atoms with Crippen molar-refractivity contribution in [2.24, 2.45) is 35.5 Å². The quantitative estimate of drug-likeness (QED) is 0.157. The maximum Gasteiger partial charge on any atom is 0.329 e. The van der Waals surface area contributed by atoms with Crippen molar-refractivity contribution in [1.82, 2.24) is 4.90 Å². The van der Waals surface area contributed by atoms with E-state index in [1.54, 1.807) is 21.0 Å². The molecule has 2 bridgehead atoms. The molecule has 0 aromatic heterocycles. The second-order valence-electron chi connectivity index (χ2n) is 19.3. The van der Waals surface area contributed by atoms with Crippen molar-refractivity contribution in [2.75, 3.05) is 20.8 Å². The van der Waals surface area contributed by atoms with Crippen LogP contribution in [0.5, 0.6) is 0 Å². The monoisotopic (exact) mass is 868 g/mol. The number of ketones is 3. The molecule has 0 spiro atoms. The highest BCUT2D eigenvalue weighted by molar-refractivity contribution is 6.39. The maximum absolute atomic E-state index is 14.3. The molecular weight excluding hydrogens is 791 g/mol. The Balaban J connectivity index is 1.67. The van der Waals surface area contributed by atoms with Gasteiger partial charge in [-0.2, -0.15) is 0 Å². The molecule has 348 valence electrons. The van der Waals surface area contributed by atoms with E-state index in [0.29, 0.717) is 44.4 Å². The van der Waals surface area contributed by atoms with E-state index in [9.17, 15) is 34.2 Å². The Labute approximate surface area is 370 Å². The van der Waals surface area contributed by atoms with E-state index in [2.05, 4.69) is 6.92 Å². The standard InChI is InChI=1S/C50H77NO11/c1-32-16-11-10-12-17-33(2)26-37(6)45(53)44(60-9)28-34(3)27-35(4)42(52)31-43(36(5)29-39-18-15-19-40(30-39)59-8)61-48(56)41-20-13-14-25-51(41)47(55)46(54)50(58)38(7)22-24-49(57,62-50)23-21-32/h10-12,16-17,27,33,35-41,43-44,57-58H,13-15,18-26,28-31H2,1-9H3/b11-10+,17-12+,32-16+,34-27+/t33-,35-,36-,37-,38-,39?,40+,41?,43+,44-,49-,50-/m1/s1. The molecule has 12 nitrogen and oxygen atoms in total. The predicted octanol–water partition coefficient (Wildman–Crippen LogP) is 7.93. The van der Waals surface area contributed by atoms with Gasteiger partial charge in [-0.15, -0.1) is 0 Å². The first-order valence-electron chi connectivity index (χ1n) is 23.3. The normalized spacial score (nSPS) is 39.4. The van der Waals surface area contributed by atoms with Gasteiger partial charge in [0.05, 0.1) is 6.10 Å². The maximum atomic E-state index is 14.3. The van der Waals surface area contributed by atoms with Crippen molar-refractivity contribution in [3.05, 3.63) is 47.6 Å². The van der Waals surface area contributed by atoms with Crippen LogP contribution in [0.3, 0.4) is 0 Å². The Hall–Kier alpha value is -3.29. The summed E-state index contributed by atoms with van der Waals surface area (Å²) < 4.78 is 23.5. The molecule has 3 aliphatic heterocycles. The van der Waals surface area contributed by atoms with E-state index in [1.807, 2.05) is 64.2 Å². The number of rotatable bonds is 5. The molecule has 62 heavy (non-hydrogen) atoms. The second kappa shape index (κ2) is 23.6. The van der Waals surface area contributed by atoms with Crippen molar-refractivity contribution in [2.45, 2.75) is 181 Å². The van der Waals surface area contributed by atoms with Gasteiger partial charge in [0.25, 0.3) is 11.7 Å². The van der Waals surface area contributed by atoms with E-state index in [1.165, 1.54) is 12.0 Å². The summed E-state index contributed by atoms with van der Waals surface area (Å²) in [4.78, 5) is 71.4. The van der Waals surface area contributed by atoms with Crippen molar-refractivity contribution < 1.29 is 53.1 Å². The highest BCUT2D eigenvalue weighted by Crippen LogP contribution is 2.41. The molecule has 1 saturated carbocycles. The van der Waals surface area contributed by atoms with Gasteiger partial charge in [-0.25, -0.2) is 4.79 Å². The van der Waals surface area contributed by atoms with Crippen LogP contribution in [0.1, 0.15) is 145 Å².